The number of benzene rings is 1. The van der Waals surface area contributed by atoms with Crippen molar-refractivity contribution < 1.29 is 14.4 Å². The number of hydrogen-bond acceptors (Lipinski definition) is 3. The first-order valence-electron chi connectivity index (χ1n) is 7.85. The van der Waals surface area contributed by atoms with Gasteiger partial charge in [0.15, 0.2) is 0 Å². The van der Waals surface area contributed by atoms with Crippen LogP contribution in [0, 0.1) is 6.92 Å². The number of anilines is 1. The first-order valence-corrected chi connectivity index (χ1v) is 7.85. The third kappa shape index (κ3) is 3.52. The molecule has 0 bridgehead atoms. The average molecular weight is 317 g/mol. The van der Waals surface area contributed by atoms with Crippen LogP contribution >= 0.6 is 0 Å². The monoisotopic (exact) mass is 317 g/mol. The summed E-state index contributed by atoms with van der Waals surface area (Å²) < 4.78 is 0. The highest BCUT2D eigenvalue weighted by atomic mass is 16.2. The van der Waals surface area contributed by atoms with Crippen LogP contribution in [0.25, 0.3) is 0 Å². The van der Waals surface area contributed by atoms with Crippen molar-refractivity contribution in [1.29, 1.82) is 0 Å². The lowest BCUT2D eigenvalue weighted by molar-refractivity contribution is -0.132. The van der Waals surface area contributed by atoms with E-state index in [1.54, 1.807) is 19.1 Å². The van der Waals surface area contributed by atoms with E-state index < -0.39 is 12.1 Å². The van der Waals surface area contributed by atoms with Crippen LogP contribution in [0.2, 0.25) is 0 Å². The van der Waals surface area contributed by atoms with Gasteiger partial charge in [0, 0.05) is 11.7 Å². The molecule has 0 radical (unpaired) electrons. The molecule has 1 aromatic carbocycles. The number of carbonyl (C=O) groups excluding carboxylic acids is 3. The van der Waals surface area contributed by atoms with Gasteiger partial charge in [-0.2, -0.15) is 0 Å². The number of amides is 4. The fourth-order valence-electron chi connectivity index (χ4n) is 2.48. The first-order chi connectivity index (χ1) is 10.8. The molecule has 6 heteroatoms. The first kappa shape index (κ1) is 17.0. The molecule has 1 N–H and O–H groups in total. The van der Waals surface area contributed by atoms with Gasteiger partial charge in [-0.1, -0.05) is 24.6 Å². The lowest BCUT2D eigenvalue weighted by Crippen LogP contribution is -2.43. The van der Waals surface area contributed by atoms with Crippen molar-refractivity contribution in [3.8, 4) is 0 Å². The summed E-state index contributed by atoms with van der Waals surface area (Å²) >= 11 is 0. The highest BCUT2D eigenvalue weighted by Gasteiger charge is 2.44. The lowest BCUT2D eigenvalue weighted by Gasteiger charge is -2.19. The van der Waals surface area contributed by atoms with E-state index in [1.807, 2.05) is 32.9 Å². The maximum absolute atomic E-state index is 12.6. The van der Waals surface area contributed by atoms with E-state index in [9.17, 15) is 14.4 Å². The molecule has 2 unspecified atom stereocenters. The van der Waals surface area contributed by atoms with Crippen LogP contribution in [0.5, 0.6) is 0 Å². The van der Waals surface area contributed by atoms with Gasteiger partial charge in [0.2, 0.25) is 5.91 Å². The summed E-state index contributed by atoms with van der Waals surface area (Å²) in [5.74, 6) is -0.672. The van der Waals surface area contributed by atoms with Crippen LogP contribution in [0.15, 0.2) is 24.3 Å². The second-order valence-electron chi connectivity index (χ2n) is 5.97. The molecular weight excluding hydrogens is 294 g/mol. The fraction of sp³-hybridized carbons (Fsp3) is 0.471. The summed E-state index contributed by atoms with van der Waals surface area (Å²) in [6.45, 7) is 7.22. The molecule has 23 heavy (non-hydrogen) atoms. The van der Waals surface area contributed by atoms with Gasteiger partial charge < -0.3 is 5.32 Å². The van der Waals surface area contributed by atoms with E-state index in [0.717, 1.165) is 16.9 Å². The highest BCUT2D eigenvalue weighted by Crippen LogP contribution is 2.25. The van der Waals surface area contributed by atoms with E-state index in [0.29, 0.717) is 5.69 Å². The van der Waals surface area contributed by atoms with Gasteiger partial charge >= 0.3 is 6.03 Å². The summed E-state index contributed by atoms with van der Waals surface area (Å²) in [6.07, 6.45) is 0.791. The maximum atomic E-state index is 12.6. The van der Waals surface area contributed by atoms with Crippen molar-refractivity contribution in [1.82, 2.24) is 10.2 Å². The second kappa shape index (κ2) is 6.81. The Hall–Kier alpha value is -2.37. The molecule has 0 saturated carbocycles. The molecule has 1 fully saturated rings. The highest BCUT2D eigenvalue weighted by molar-refractivity contribution is 6.15. The summed E-state index contributed by atoms with van der Waals surface area (Å²) in [7, 11) is 0. The van der Waals surface area contributed by atoms with Crippen LogP contribution in [0.3, 0.4) is 0 Å². The van der Waals surface area contributed by atoms with Crippen molar-refractivity contribution >= 4 is 23.5 Å². The number of urea groups is 1. The number of nitrogens with one attached hydrogen (secondary N) is 1. The molecule has 124 valence electrons. The normalized spacial score (nSPS) is 19.2. The van der Waals surface area contributed by atoms with Gasteiger partial charge in [-0.3, -0.25) is 19.4 Å². The van der Waals surface area contributed by atoms with E-state index in [-0.39, 0.29) is 24.4 Å². The largest absolute Gasteiger partial charge is 0.352 e. The predicted molar refractivity (Wildman–Crippen MR) is 88.1 cm³/mol. The van der Waals surface area contributed by atoms with Gasteiger partial charge in [-0.05, 0) is 39.3 Å². The van der Waals surface area contributed by atoms with Gasteiger partial charge in [0.05, 0.1) is 0 Å². The third-order valence-corrected chi connectivity index (χ3v) is 4.08. The van der Waals surface area contributed by atoms with Crippen molar-refractivity contribution in [2.24, 2.45) is 0 Å². The minimum atomic E-state index is -0.610. The van der Waals surface area contributed by atoms with E-state index in [4.69, 9.17) is 0 Å². The quantitative estimate of drug-likeness (QED) is 0.845. The Morgan fingerprint density at radius 2 is 1.87 bits per heavy atom. The van der Waals surface area contributed by atoms with Crippen LogP contribution in [0.4, 0.5) is 10.5 Å². The minimum absolute atomic E-state index is 0.0148. The van der Waals surface area contributed by atoms with Gasteiger partial charge in [0.1, 0.15) is 12.6 Å². The molecule has 1 saturated heterocycles. The zero-order valence-electron chi connectivity index (χ0n) is 14.0. The second-order valence-corrected chi connectivity index (χ2v) is 5.97. The van der Waals surface area contributed by atoms with Gasteiger partial charge in [-0.15, -0.1) is 0 Å². The van der Waals surface area contributed by atoms with Gasteiger partial charge in [0.25, 0.3) is 5.91 Å². The summed E-state index contributed by atoms with van der Waals surface area (Å²) in [5.41, 5.74) is 1.73. The molecule has 2 atom stereocenters. The Bertz CT molecular complexity index is 612. The molecule has 0 aliphatic carbocycles. The number of aryl methyl sites for hydroxylation is 1. The third-order valence-electron chi connectivity index (χ3n) is 4.08. The molecule has 0 aromatic heterocycles. The number of imide groups is 1. The molecule has 1 aromatic rings. The Morgan fingerprint density at radius 3 is 2.43 bits per heavy atom. The van der Waals surface area contributed by atoms with Crippen LogP contribution in [-0.4, -0.2) is 41.4 Å². The number of carbonyl (C=O) groups is 3. The molecule has 1 heterocycles. The van der Waals surface area contributed by atoms with Crippen LogP contribution in [-0.2, 0) is 9.59 Å². The average Bonchev–Trinajstić information content (AvgIpc) is 2.72. The Labute approximate surface area is 136 Å². The maximum Gasteiger partial charge on any atom is 0.332 e. The fourth-order valence-corrected chi connectivity index (χ4v) is 2.48. The van der Waals surface area contributed by atoms with Crippen molar-refractivity contribution in [3.05, 3.63) is 29.8 Å². The van der Waals surface area contributed by atoms with Gasteiger partial charge in [-0.25, -0.2) is 4.79 Å². The lowest BCUT2D eigenvalue weighted by atomic mass is 10.2. The summed E-state index contributed by atoms with van der Waals surface area (Å²) in [5, 5.41) is 2.77. The standard InChI is InChI=1S/C17H23N3O3/c1-5-12(3)18-15(21)10-19-16(22)13(4)20(17(19)23)14-8-6-11(2)7-9-14/h6-9,12-13H,5,10H2,1-4H3,(H,18,21). The SMILES string of the molecule is CCC(C)NC(=O)CN1C(=O)C(C)N(c2ccc(C)cc2)C1=O. The van der Waals surface area contributed by atoms with Crippen molar-refractivity contribution in [2.45, 2.75) is 46.2 Å². The van der Waals surface area contributed by atoms with Crippen molar-refractivity contribution in [2.75, 3.05) is 11.4 Å². The molecular formula is C17H23N3O3. The van der Waals surface area contributed by atoms with Crippen LogP contribution < -0.4 is 10.2 Å². The minimum Gasteiger partial charge on any atom is -0.352 e. The molecule has 2 rings (SSSR count). The van der Waals surface area contributed by atoms with E-state index in [2.05, 4.69) is 5.32 Å². The molecule has 6 nitrogen and oxygen atoms in total. The summed E-state index contributed by atoms with van der Waals surface area (Å²) in [6, 6.07) is 6.34. The van der Waals surface area contributed by atoms with E-state index >= 15 is 0 Å². The molecule has 0 spiro atoms. The number of rotatable bonds is 5. The topological polar surface area (TPSA) is 69.7 Å². The number of hydrogen-bond donors (Lipinski definition) is 1. The zero-order valence-corrected chi connectivity index (χ0v) is 14.0. The molecule has 1 aliphatic heterocycles. The smallest absolute Gasteiger partial charge is 0.332 e. The van der Waals surface area contributed by atoms with Crippen molar-refractivity contribution in [3.63, 3.8) is 0 Å². The number of nitrogens with zero attached hydrogens (tertiary/aromatic N) is 2. The zero-order chi connectivity index (χ0) is 17.1. The Kier molecular flexibility index (Phi) is 5.03. The van der Waals surface area contributed by atoms with Crippen LogP contribution in [0.1, 0.15) is 32.8 Å². The Balaban J connectivity index is 2.14. The van der Waals surface area contributed by atoms with E-state index in [1.165, 1.54) is 4.90 Å². The Morgan fingerprint density at radius 1 is 1.26 bits per heavy atom. The molecule has 1 aliphatic rings. The summed E-state index contributed by atoms with van der Waals surface area (Å²) in [4.78, 5) is 39.3. The molecule has 4 amide bonds. The predicted octanol–water partition coefficient (Wildman–Crippen LogP) is 2.07.